The highest BCUT2D eigenvalue weighted by molar-refractivity contribution is 7.98. The van der Waals surface area contributed by atoms with Crippen molar-refractivity contribution >= 4 is 47.8 Å². The second-order valence-corrected chi connectivity index (χ2v) is 16.7. The zero-order valence-corrected chi connectivity index (χ0v) is 33.9. The van der Waals surface area contributed by atoms with E-state index < -0.39 is 83.0 Å². The second kappa shape index (κ2) is 20.3. The minimum atomic E-state index is -1.54. The molecule has 1 rings (SSSR count). The van der Waals surface area contributed by atoms with Crippen molar-refractivity contribution in [3.63, 3.8) is 0 Å². The van der Waals surface area contributed by atoms with Crippen molar-refractivity contribution in [3.8, 4) is 0 Å². The number of nitrogens with one attached hydrogen (secondary N) is 3. The summed E-state index contributed by atoms with van der Waals surface area (Å²) in [5, 5.41) is 8.34. The molecule has 3 N–H and O–H groups in total. The minimum absolute atomic E-state index is 0.126. The van der Waals surface area contributed by atoms with Crippen LogP contribution in [0, 0.1) is 5.92 Å². The fourth-order valence-corrected chi connectivity index (χ4v) is 5.28. The normalized spacial score (nSPS) is 14.2. The second-order valence-electron chi connectivity index (χ2n) is 15.7. The summed E-state index contributed by atoms with van der Waals surface area (Å²) in [5.41, 5.74) is -2.09. The van der Waals surface area contributed by atoms with Gasteiger partial charge in [-0.1, -0.05) is 44.2 Å². The Balaban J connectivity index is 3.47. The topological polar surface area (TPSA) is 179 Å². The summed E-state index contributed by atoms with van der Waals surface area (Å²) in [5.74, 6) is -1.99. The van der Waals surface area contributed by atoms with Crippen LogP contribution in [0.25, 0.3) is 0 Å². The number of carbonyl (C=O) groups excluding carboxylic acids is 6. The van der Waals surface area contributed by atoms with Gasteiger partial charge in [-0.2, -0.15) is 16.7 Å². The Labute approximate surface area is 313 Å². The van der Waals surface area contributed by atoms with Gasteiger partial charge in [-0.15, -0.1) is 0 Å². The maximum absolute atomic E-state index is 14.0. The summed E-state index contributed by atoms with van der Waals surface area (Å²) >= 11 is 1.49. The molecule has 0 aliphatic carbocycles. The maximum atomic E-state index is 14.0. The third-order valence-corrected chi connectivity index (χ3v) is 7.67. The predicted molar refractivity (Wildman–Crippen MR) is 200 cm³/mol. The predicted octanol–water partition coefficient (Wildman–Crippen LogP) is 5.61. The average molecular weight is 753 g/mol. The van der Waals surface area contributed by atoms with Gasteiger partial charge in [0.05, 0.1) is 7.11 Å². The Hall–Kier alpha value is -4.01. The number of carbonyl (C=O) groups is 6. The van der Waals surface area contributed by atoms with Crippen LogP contribution in [-0.2, 0) is 39.8 Å². The van der Waals surface area contributed by atoms with Crippen molar-refractivity contribution in [2.75, 3.05) is 19.1 Å². The number of rotatable bonds is 15. The molecule has 0 fully saturated rings. The molecule has 4 atom stereocenters. The standard InChI is InChI=1S/C37H60N4O10S/c1-23(2)28(40-29(42)26(21-24-17-15-14-16-18-24)39-32(45)49-35(3,4)5)30(43)38-25(19-20-52-13)22-27(31(44)48-12)41(33(46)50-36(6,7)8)34(47)51-37(9,10)11/h14-18,23,25-28H,19-22H2,1-13H3,(H,38,43)(H,39,45)(H,40,42)/t25?,26-,27?,28-/m0/s1. The van der Waals surface area contributed by atoms with E-state index in [2.05, 4.69) is 16.0 Å². The SMILES string of the molecule is COC(=O)C(CC(CCSC)NC(=O)[C@@H](NC(=O)[C@H](Cc1ccccc1)NC(=O)OC(C)(C)C)C(C)C)N(C(=O)OC(C)(C)C)C(=O)OC(C)(C)C. The van der Waals surface area contributed by atoms with Crippen LogP contribution in [0.15, 0.2) is 30.3 Å². The molecule has 5 amide bonds. The number of hydrogen-bond acceptors (Lipinski definition) is 11. The van der Waals surface area contributed by atoms with Gasteiger partial charge in [-0.05, 0) is 98.6 Å². The molecule has 15 heteroatoms. The molecule has 0 radical (unpaired) electrons. The van der Waals surface area contributed by atoms with Gasteiger partial charge in [0, 0.05) is 12.5 Å². The van der Waals surface area contributed by atoms with Crippen LogP contribution in [0.4, 0.5) is 14.4 Å². The molecule has 0 heterocycles. The Morgan fingerprint density at radius 2 is 1.27 bits per heavy atom. The highest BCUT2D eigenvalue weighted by Gasteiger charge is 2.42. The van der Waals surface area contributed by atoms with E-state index in [0.717, 1.165) is 12.7 Å². The Kier molecular flexibility index (Phi) is 18.0. The molecule has 1 aromatic carbocycles. The van der Waals surface area contributed by atoms with E-state index in [9.17, 15) is 28.8 Å². The molecule has 0 aliphatic heterocycles. The zero-order valence-electron chi connectivity index (χ0n) is 33.0. The molecule has 0 aliphatic rings. The number of alkyl carbamates (subject to hydrolysis) is 1. The van der Waals surface area contributed by atoms with Crippen LogP contribution in [0.2, 0.25) is 0 Å². The van der Waals surface area contributed by atoms with Gasteiger partial charge in [0.25, 0.3) is 0 Å². The average Bonchev–Trinajstić information content (AvgIpc) is 2.98. The molecule has 14 nitrogen and oxygen atoms in total. The summed E-state index contributed by atoms with van der Waals surface area (Å²) in [6.07, 6.45) is -0.964. The number of hydrogen-bond donors (Lipinski definition) is 3. The number of imide groups is 1. The van der Waals surface area contributed by atoms with Crippen molar-refractivity contribution in [1.82, 2.24) is 20.9 Å². The molecule has 294 valence electrons. The number of methoxy groups -OCH3 is 1. The lowest BCUT2D eigenvalue weighted by atomic mass is 9.99. The fraction of sp³-hybridized carbons (Fsp3) is 0.676. The highest BCUT2D eigenvalue weighted by atomic mass is 32.2. The summed E-state index contributed by atoms with van der Waals surface area (Å²) in [4.78, 5) is 81.2. The van der Waals surface area contributed by atoms with Crippen LogP contribution in [0.5, 0.6) is 0 Å². The van der Waals surface area contributed by atoms with Gasteiger partial charge in [0.15, 0.2) is 0 Å². The lowest BCUT2D eigenvalue weighted by Gasteiger charge is -2.34. The van der Waals surface area contributed by atoms with Gasteiger partial charge in [-0.25, -0.2) is 19.2 Å². The minimum Gasteiger partial charge on any atom is -0.467 e. The molecule has 0 spiro atoms. The van der Waals surface area contributed by atoms with Crippen molar-refractivity contribution in [3.05, 3.63) is 35.9 Å². The highest BCUT2D eigenvalue weighted by Crippen LogP contribution is 2.22. The Bertz CT molecular complexity index is 1320. The number of thioether (sulfide) groups is 1. The summed E-state index contributed by atoms with van der Waals surface area (Å²) in [6, 6.07) is 4.60. The number of benzene rings is 1. The van der Waals surface area contributed by atoms with E-state index in [0.29, 0.717) is 17.1 Å². The first kappa shape index (κ1) is 46.0. The lowest BCUT2D eigenvalue weighted by molar-refractivity contribution is -0.147. The number of esters is 1. The summed E-state index contributed by atoms with van der Waals surface area (Å²) in [6.45, 7) is 18.3. The largest absolute Gasteiger partial charge is 0.467 e. The van der Waals surface area contributed by atoms with Crippen LogP contribution in [0.3, 0.4) is 0 Å². The van der Waals surface area contributed by atoms with E-state index in [-0.39, 0.29) is 12.8 Å². The van der Waals surface area contributed by atoms with Gasteiger partial charge < -0.3 is 34.9 Å². The van der Waals surface area contributed by atoms with Crippen molar-refractivity contribution in [2.45, 2.75) is 136 Å². The van der Waals surface area contributed by atoms with Crippen molar-refractivity contribution in [2.24, 2.45) is 5.92 Å². The summed E-state index contributed by atoms with van der Waals surface area (Å²) < 4.78 is 21.4. The Morgan fingerprint density at radius 1 is 0.750 bits per heavy atom. The number of amides is 5. The van der Waals surface area contributed by atoms with E-state index in [1.165, 1.54) is 11.8 Å². The first-order chi connectivity index (χ1) is 23.9. The molecule has 2 unspecified atom stereocenters. The lowest BCUT2D eigenvalue weighted by Crippen LogP contribution is -2.58. The summed E-state index contributed by atoms with van der Waals surface area (Å²) in [7, 11) is 1.12. The monoisotopic (exact) mass is 752 g/mol. The van der Waals surface area contributed by atoms with Crippen molar-refractivity contribution < 1.29 is 47.7 Å². The van der Waals surface area contributed by atoms with Gasteiger partial charge in [-0.3, -0.25) is 9.59 Å². The molecule has 0 saturated carbocycles. The van der Waals surface area contributed by atoms with Crippen LogP contribution >= 0.6 is 11.8 Å². The van der Waals surface area contributed by atoms with Crippen LogP contribution < -0.4 is 16.0 Å². The maximum Gasteiger partial charge on any atom is 0.420 e. The van der Waals surface area contributed by atoms with Crippen LogP contribution in [-0.4, -0.2) is 101 Å². The van der Waals surface area contributed by atoms with Gasteiger partial charge in [0.1, 0.15) is 34.9 Å². The van der Waals surface area contributed by atoms with E-state index in [4.69, 9.17) is 18.9 Å². The van der Waals surface area contributed by atoms with Gasteiger partial charge >= 0.3 is 24.2 Å². The molecule has 0 bridgehead atoms. The molecular weight excluding hydrogens is 692 g/mol. The molecule has 52 heavy (non-hydrogen) atoms. The first-order valence-corrected chi connectivity index (χ1v) is 18.7. The molecule has 0 aromatic heterocycles. The Morgan fingerprint density at radius 3 is 1.71 bits per heavy atom. The van der Waals surface area contributed by atoms with E-state index >= 15 is 0 Å². The fourth-order valence-electron chi connectivity index (χ4n) is 4.76. The van der Waals surface area contributed by atoms with Crippen LogP contribution in [0.1, 0.15) is 94.6 Å². The van der Waals surface area contributed by atoms with Crippen molar-refractivity contribution in [1.29, 1.82) is 0 Å². The van der Waals surface area contributed by atoms with E-state index in [1.807, 2.05) is 36.6 Å². The van der Waals surface area contributed by atoms with Gasteiger partial charge in [0.2, 0.25) is 11.8 Å². The third-order valence-electron chi connectivity index (χ3n) is 7.03. The molecule has 0 saturated heterocycles. The first-order valence-electron chi connectivity index (χ1n) is 17.3. The third kappa shape index (κ3) is 17.5. The molecular formula is C37H60N4O10S. The zero-order chi connectivity index (χ0) is 40.0. The molecule has 1 aromatic rings. The quantitative estimate of drug-likeness (QED) is 0.150. The smallest absolute Gasteiger partial charge is 0.420 e. The number of nitrogens with zero attached hydrogens (tertiary/aromatic N) is 1. The number of ether oxygens (including phenoxy) is 4. The van der Waals surface area contributed by atoms with E-state index in [1.54, 1.807) is 76.2 Å².